The maximum absolute atomic E-state index is 12.2. The number of esters is 1. The van der Waals surface area contributed by atoms with Crippen molar-refractivity contribution < 1.29 is 14.3 Å². The number of fused-ring (bicyclic) bond motifs is 2. The molecule has 0 saturated heterocycles. The summed E-state index contributed by atoms with van der Waals surface area (Å²) in [5.74, 6) is 1.18. The first-order valence-electron chi connectivity index (χ1n) is 9.69. The summed E-state index contributed by atoms with van der Waals surface area (Å²) in [6.07, 6.45) is 7.23. The van der Waals surface area contributed by atoms with Gasteiger partial charge in [-0.15, -0.1) is 11.3 Å². The molecule has 7 heteroatoms. The molecule has 3 atom stereocenters. The predicted octanol–water partition coefficient (Wildman–Crippen LogP) is 4.05. The molecule has 2 fully saturated rings. The van der Waals surface area contributed by atoms with Crippen LogP contribution >= 0.6 is 22.9 Å². The van der Waals surface area contributed by atoms with E-state index in [1.807, 2.05) is 40.4 Å². The molecular weight excluding hydrogens is 396 g/mol. The number of hydrogen-bond donors (Lipinski definition) is 0. The lowest BCUT2D eigenvalue weighted by Crippen LogP contribution is -2.21. The zero-order chi connectivity index (χ0) is 19.5. The minimum absolute atomic E-state index is 0.281. The average Bonchev–Trinajstić information content (AvgIpc) is 3.40. The fourth-order valence-corrected chi connectivity index (χ4v) is 5.44. The van der Waals surface area contributed by atoms with E-state index in [1.54, 1.807) is 0 Å². The Bertz CT molecular complexity index is 935. The first-order valence-corrected chi connectivity index (χ1v) is 10.9. The fraction of sp³-hybridized carbons (Fsp3) is 0.476. The number of rotatable bonds is 6. The second-order valence-corrected chi connectivity index (χ2v) is 8.99. The molecule has 1 amide bonds. The predicted molar refractivity (Wildman–Crippen MR) is 108 cm³/mol. The Morgan fingerprint density at radius 1 is 1.25 bits per heavy atom. The second-order valence-electron chi connectivity index (χ2n) is 7.71. The van der Waals surface area contributed by atoms with Gasteiger partial charge < -0.3 is 9.30 Å². The molecule has 2 bridgehead atoms. The van der Waals surface area contributed by atoms with E-state index in [9.17, 15) is 9.59 Å². The van der Waals surface area contributed by atoms with Gasteiger partial charge in [0.15, 0.2) is 11.4 Å². The van der Waals surface area contributed by atoms with E-state index >= 15 is 0 Å². The fourth-order valence-electron chi connectivity index (χ4n) is 4.50. The molecule has 1 heterocycles. The van der Waals surface area contributed by atoms with Crippen LogP contribution in [0.2, 0.25) is 5.02 Å². The number of hydrogen-bond acceptors (Lipinski definition) is 4. The monoisotopic (exact) mass is 418 g/mol. The Labute approximate surface area is 173 Å². The summed E-state index contributed by atoms with van der Waals surface area (Å²) in [6.45, 7) is 0.225. The Balaban J connectivity index is 1.32. The topological polar surface area (TPSA) is 60.7 Å². The Morgan fingerprint density at radius 2 is 2.11 bits per heavy atom. The van der Waals surface area contributed by atoms with Crippen molar-refractivity contribution in [3.63, 3.8) is 0 Å². The van der Waals surface area contributed by atoms with E-state index in [-0.39, 0.29) is 12.6 Å². The van der Waals surface area contributed by atoms with Gasteiger partial charge in [0.05, 0.1) is 6.54 Å². The molecule has 2 aromatic rings. The zero-order valence-corrected chi connectivity index (χ0v) is 17.1. The highest BCUT2D eigenvalue weighted by Crippen LogP contribution is 2.49. The lowest BCUT2D eigenvalue weighted by molar-refractivity contribution is -0.149. The highest BCUT2D eigenvalue weighted by atomic mass is 35.5. The molecule has 2 saturated carbocycles. The maximum Gasteiger partial charge on any atom is 0.306 e. The van der Waals surface area contributed by atoms with Gasteiger partial charge in [0.1, 0.15) is 0 Å². The van der Waals surface area contributed by atoms with Gasteiger partial charge in [0.25, 0.3) is 5.91 Å². The molecule has 0 radical (unpaired) electrons. The van der Waals surface area contributed by atoms with Gasteiger partial charge in [-0.3, -0.25) is 9.59 Å². The molecule has 2 aliphatic rings. The molecule has 1 aromatic heterocycles. The standard InChI is InChI=1S/C21H23ClN2O3S/c22-18-4-2-1-3-16(18)12-24-7-8-28-21(24)23-19(25)13-27-20(26)11-17-10-14-5-6-15(17)9-14/h1-4,7-8,14-15,17H,5-6,9-13H2/t14-,15-,17-/m1/s1. The van der Waals surface area contributed by atoms with Crippen LogP contribution in [-0.2, 0) is 20.9 Å². The van der Waals surface area contributed by atoms with Crippen molar-refractivity contribution in [2.75, 3.05) is 6.61 Å². The molecule has 2 aliphatic carbocycles. The molecular formula is C21H23ClN2O3S. The first kappa shape index (κ1) is 19.4. The summed E-state index contributed by atoms with van der Waals surface area (Å²) >= 11 is 7.58. The van der Waals surface area contributed by atoms with Crippen LogP contribution in [0.1, 0.15) is 37.7 Å². The van der Waals surface area contributed by atoms with Crippen LogP contribution in [-0.4, -0.2) is 23.1 Å². The number of nitrogens with zero attached hydrogens (tertiary/aromatic N) is 2. The lowest BCUT2D eigenvalue weighted by atomic mass is 9.86. The number of thiazole rings is 1. The van der Waals surface area contributed by atoms with E-state index < -0.39 is 5.91 Å². The second kappa shape index (κ2) is 8.62. The van der Waals surface area contributed by atoms with E-state index in [0.717, 1.165) is 17.9 Å². The third-order valence-corrected chi connectivity index (χ3v) is 7.01. The van der Waals surface area contributed by atoms with E-state index in [4.69, 9.17) is 16.3 Å². The van der Waals surface area contributed by atoms with Crippen molar-refractivity contribution in [1.29, 1.82) is 0 Å². The molecule has 5 nitrogen and oxygen atoms in total. The SMILES string of the molecule is O=C(COC(=O)C[C@H]1C[C@@H]2CC[C@@H]1C2)N=c1sccn1Cc1ccccc1Cl. The smallest absolute Gasteiger partial charge is 0.306 e. The summed E-state index contributed by atoms with van der Waals surface area (Å²) < 4.78 is 7.05. The Hall–Kier alpha value is -1.92. The lowest BCUT2D eigenvalue weighted by Gasteiger charge is -2.20. The summed E-state index contributed by atoms with van der Waals surface area (Å²) in [5, 5.41) is 2.54. The van der Waals surface area contributed by atoms with Crippen LogP contribution in [0.25, 0.3) is 0 Å². The molecule has 0 N–H and O–H groups in total. The molecule has 28 heavy (non-hydrogen) atoms. The van der Waals surface area contributed by atoms with E-state index in [0.29, 0.717) is 34.6 Å². The number of benzene rings is 1. The number of halogens is 1. The quantitative estimate of drug-likeness (QED) is 0.665. The van der Waals surface area contributed by atoms with Gasteiger partial charge in [-0.2, -0.15) is 4.99 Å². The van der Waals surface area contributed by atoms with Gasteiger partial charge in [-0.1, -0.05) is 36.2 Å². The van der Waals surface area contributed by atoms with Crippen LogP contribution in [0.3, 0.4) is 0 Å². The number of ether oxygens (including phenoxy) is 1. The van der Waals surface area contributed by atoms with Crippen LogP contribution in [0.4, 0.5) is 0 Å². The highest BCUT2D eigenvalue weighted by Gasteiger charge is 2.40. The minimum Gasteiger partial charge on any atom is -0.455 e. The van der Waals surface area contributed by atoms with Gasteiger partial charge in [-0.05, 0) is 48.6 Å². The van der Waals surface area contributed by atoms with Crippen molar-refractivity contribution in [3.8, 4) is 0 Å². The van der Waals surface area contributed by atoms with Gasteiger partial charge >= 0.3 is 5.97 Å². The number of aromatic nitrogens is 1. The summed E-state index contributed by atoms with van der Waals surface area (Å²) in [4.78, 5) is 28.9. The molecule has 0 aliphatic heterocycles. The van der Waals surface area contributed by atoms with Crippen LogP contribution < -0.4 is 4.80 Å². The molecule has 1 aromatic carbocycles. The van der Waals surface area contributed by atoms with Gasteiger partial charge in [0, 0.05) is 23.0 Å². The first-order chi connectivity index (χ1) is 13.6. The van der Waals surface area contributed by atoms with Crippen LogP contribution in [0.5, 0.6) is 0 Å². The van der Waals surface area contributed by atoms with Crippen molar-refractivity contribution in [1.82, 2.24) is 4.57 Å². The summed E-state index contributed by atoms with van der Waals surface area (Å²) in [6, 6.07) is 7.58. The Morgan fingerprint density at radius 3 is 2.86 bits per heavy atom. The third-order valence-electron chi connectivity index (χ3n) is 5.85. The number of carbonyl (C=O) groups is 2. The molecule has 148 valence electrons. The largest absolute Gasteiger partial charge is 0.455 e. The van der Waals surface area contributed by atoms with E-state index in [2.05, 4.69) is 4.99 Å². The van der Waals surface area contributed by atoms with Crippen LogP contribution in [0.15, 0.2) is 40.8 Å². The molecule has 0 spiro atoms. The van der Waals surface area contributed by atoms with Crippen molar-refractivity contribution in [2.45, 2.75) is 38.6 Å². The minimum atomic E-state index is -0.448. The Kier molecular flexibility index (Phi) is 5.97. The van der Waals surface area contributed by atoms with E-state index in [1.165, 1.54) is 30.6 Å². The summed E-state index contributed by atoms with van der Waals surface area (Å²) in [5.41, 5.74) is 0.953. The van der Waals surface area contributed by atoms with Crippen molar-refractivity contribution in [2.24, 2.45) is 22.7 Å². The highest BCUT2D eigenvalue weighted by molar-refractivity contribution is 7.07. The number of carbonyl (C=O) groups excluding carboxylic acids is 2. The molecule has 4 rings (SSSR count). The average molecular weight is 419 g/mol. The van der Waals surface area contributed by atoms with Gasteiger partial charge in [0.2, 0.25) is 0 Å². The van der Waals surface area contributed by atoms with Crippen LogP contribution in [0, 0.1) is 17.8 Å². The summed E-state index contributed by atoms with van der Waals surface area (Å²) in [7, 11) is 0. The van der Waals surface area contributed by atoms with Crippen molar-refractivity contribution >= 4 is 34.8 Å². The van der Waals surface area contributed by atoms with Gasteiger partial charge in [-0.25, -0.2) is 0 Å². The zero-order valence-electron chi connectivity index (χ0n) is 15.6. The molecule has 0 unspecified atom stereocenters. The maximum atomic E-state index is 12.2. The third kappa shape index (κ3) is 4.55. The normalized spacial score (nSPS) is 23.9. The number of amides is 1. The van der Waals surface area contributed by atoms with Crippen molar-refractivity contribution in [3.05, 3.63) is 51.2 Å².